The van der Waals surface area contributed by atoms with Crippen LogP contribution in [0.2, 0.25) is 0 Å². The van der Waals surface area contributed by atoms with Crippen molar-refractivity contribution >= 4 is 17.7 Å². The molecule has 1 fully saturated rings. The minimum absolute atomic E-state index is 0.0180. The number of benzene rings is 1. The number of piperidine rings is 1. The number of likely N-dealkylation sites (tertiary alicyclic amines) is 1. The fourth-order valence-electron chi connectivity index (χ4n) is 3.24. The molecule has 1 aromatic heterocycles. The Hall–Kier alpha value is -3.09. The third-order valence-corrected chi connectivity index (χ3v) is 4.70. The van der Waals surface area contributed by atoms with E-state index in [0.717, 1.165) is 24.2 Å². The molecule has 1 amide bonds. The highest BCUT2D eigenvalue weighted by atomic mass is 16.5. The number of anilines is 1. The van der Waals surface area contributed by atoms with Crippen molar-refractivity contribution in [3.8, 4) is 5.75 Å². The van der Waals surface area contributed by atoms with Gasteiger partial charge < -0.3 is 20.1 Å². The van der Waals surface area contributed by atoms with Gasteiger partial charge in [0.1, 0.15) is 11.6 Å². The van der Waals surface area contributed by atoms with Crippen LogP contribution in [-0.2, 0) is 11.2 Å². The number of amides is 1. The second-order valence-electron chi connectivity index (χ2n) is 6.50. The zero-order valence-electron chi connectivity index (χ0n) is 15.2. The summed E-state index contributed by atoms with van der Waals surface area (Å²) in [6.45, 7) is 1.31. The van der Waals surface area contributed by atoms with Crippen molar-refractivity contribution in [3.05, 3.63) is 53.7 Å². The summed E-state index contributed by atoms with van der Waals surface area (Å²) in [6.07, 6.45) is 1.90. The van der Waals surface area contributed by atoms with Gasteiger partial charge in [-0.15, -0.1) is 0 Å². The lowest BCUT2D eigenvalue weighted by molar-refractivity contribution is -0.131. The number of aromatic nitrogens is 1. The van der Waals surface area contributed by atoms with Gasteiger partial charge in [-0.05, 0) is 31.0 Å². The van der Waals surface area contributed by atoms with Crippen LogP contribution < -0.4 is 10.1 Å². The number of pyridine rings is 1. The summed E-state index contributed by atoms with van der Waals surface area (Å²) < 4.78 is 5.31. The molecule has 3 rings (SSSR count). The Morgan fingerprint density at radius 1 is 1.19 bits per heavy atom. The van der Waals surface area contributed by atoms with Gasteiger partial charge in [0, 0.05) is 24.7 Å². The molecule has 0 saturated carbocycles. The average Bonchev–Trinajstić information content (AvgIpc) is 2.69. The lowest BCUT2D eigenvalue weighted by atomic mass is 10.0. The van der Waals surface area contributed by atoms with Gasteiger partial charge in [-0.2, -0.15) is 0 Å². The molecule has 1 saturated heterocycles. The first-order valence-electron chi connectivity index (χ1n) is 8.93. The normalized spacial score (nSPS) is 14.6. The molecule has 0 spiro atoms. The minimum atomic E-state index is -1.05. The van der Waals surface area contributed by atoms with E-state index in [-0.39, 0.29) is 17.6 Å². The molecule has 1 aliphatic heterocycles. The van der Waals surface area contributed by atoms with Crippen LogP contribution in [0.15, 0.2) is 42.5 Å². The molecule has 2 aromatic rings. The highest BCUT2D eigenvalue weighted by Gasteiger charge is 2.23. The van der Waals surface area contributed by atoms with E-state index >= 15 is 0 Å². The van der Waals surface area contributed by atoms with E-state index in [9.17, 15) is 9.59 Å². The number of hydrogen-bond acceptors (Lipinski definition) is 5. The molecule has 0 radical (unpaired) electrons. The first-order chi connectivity index (χ1) is 13.1. The SMILES string of the molecule is COc1ccccc1CC(=O)N1CCC(Nc2cccc(C(=O)O)n2)CC1. The number of carboxylic acids is 1. The Balaban J connectivity index is 1.53. The zero-order valence-corrected chi connectivity index (χ0v) is 15.2. The Morgan fingerprint density at radius 3 is 2.63 bits per heavy atom. The van der Waals surface area contributed by atoms with E-state index in [1.807, 2.05) is 29.2 Å². The van der Waals surface area contributed by atoms with Crippen molar-refractivity contribution in [2.24, 2.45) is 0 Å². The number of nitrogens with one attached hydrogen (secondary N) is 1. The molecule has 7 nitrogen and oxygen atoms in total. The van der Waals surface area contributed by atoms with Gasteiger partial charge in [0.25, 0.3) is 0 Å². The zero-order chi connectivity index (χ0) is 19.2. The van der Waals surface area contributed by atoms with Gasteiger partial charge in [-0.25, -0.2) is 9.78 Å². The predicted octanol–water partition coefficient (Wildman–Crippen LogP) is 2.43. The standard InChI is InChI=1S/C20H23N3O4/c1-27-17-7-3-2-5-14(17)13-19(24)23-11-9-15(10-12-23)21-18-8-4-6-16(22-18)20(25)26/h2-8,15H,9-13H2,1H3,(H,21,22)(H,25,26). The second kappa shape index (κ2) is 8.53. The largest absolute Gasteiger partial charge is 0.496 e. The van der Waals surface area contributed by atoms with Gasteiger partial charge in [-0.1, -0.05) is 24.3 Å². The summed E-state index contributed by atoms with van der Waals surface area (Å²) >= 11 is 0. The first-order valence-corrected chi connectivity index (χ1v) is 8.93. The van der Waals surface area contributed by atoms with Gasteiger partial charge >= 0.3 is 5.97 Å². The quantitative estimate of drug-likeness (QED) is 0.813. The molecule has 2 N–H and O–H groups in total. The number of methoxy groups -OCH3 is 1. The van der Waals surface area contributed by atoms with Crippen molar-refractivity contribution < 1.29 is 19.4 Å². The molecular weight excluding hydrogens is 346 g/mol. The van der Waals surface area contributed by atoms with Crippen LogP contribution in [0.25, 0.3) is 0 Å². The maximum Gasteiger partial charge on any atom is 0.354 e. The van der Waals surface area contributed by atoms with Crippen LogP contribution in [0, 0.1) is 0 Å². The summed E-state index contributed by atoms with van der Waals surface area (Å²) in [5.74, 6) is 0.319. The molecule has 27 heavy (non-hydrogen) atoms. The van der Waals surface area contributed by atoms with Crippen LogP contribution in [0.3, 0.4) is 0 Å². The molecule has 2 heterocycles. The molecule has 0 unspecified atom stereocenters. The number of carbonyl (C=O) groups excluding carboxylic acids is 1. The molecule has 0 aliphatic carbocycles. The summed E-state index contributed by atoms with van der Waals surface area (Å²) in [4.78, 5) is 29.6. The van der Waals surface area contributed by atoms with Crippen LogP contribution >= 0.6 is 0 Å². The number of carbonyl (C=O) groups is 2. The number of ether oxygens (including phenoxy) is 1. The fraction of sp³-hybridized carbons (Fsp3) is 0.350. The first kappa shape index (κ1) is 18.7. The van der Waals surface area contributed by atoms with E-state index in [0.29, 0.717) is 25.3 Å². The average molecular weight is 369 g/mol. The van der Waals surface area contributed by atoms with E-state index in [1.165, 1.54) is 6.07 Å². The maximum absolute atomic E-state index is 12.6. The van der Waals surface area contributed by atoms with Gasteiger partial charge in [0.15, 0.2) is 5.69 Å². The maximum atomic E-state index is 12.6. The Kier molecular flexibility index (Phi) is 5.90. The minimum Gasteiger partial charge on any atom is -0.496 e. The molecule has 7 heteroatoms. The second-order valence-corrected chi connectivity index (χ2v) is 6.50. The lowest BCUT2D eigenvalue weighted by Gasteiger charge is -2.33. The number of carboxylic acid groups (broad SMARTS) is 1. The molecule has 0 bridgehead atoms. The van der Waals surface area contributed by atoms with Crippen molar-refractivity contribution in [2.75, 3.05) is 25.5 Å². The Morgan fingerprint density at radius 2 is 1.93 bits per heavy atom. The third kappa shape index (κ3) is 4.75. The van der Waals surface area contributed by atoms with Crippen LogP contribution in [0.5, 0.6) is 5.75 Å². The van der Waals surface area contributed by atoms with E-state index in [2.05, 4.69) is 10.3 Å². The molecular formula is C20H23N3O4. The van der Waals surface area contributed by atoms with Crippen LogP contribution in [0.4, 0.5) is 5.82 Å². The number of rotatable bonds is 6. The summed E-state index contributed by atoms with van der Waals surface area (Å²) in [6, 6.07) is 12.6. The fourth-order valence-corrected chi connectivity index (χ4v) is 3.24. The summed E-state index contributed by atoms with van der Waals surface area (Å²) in [5.41, 5.74) is 0.907. The number of para-hydroxylation sites is 1. The molecule has 0 atom stereocenters. The molecule has 142 valence electrons. The van der Waals surface area contributed by atoms with E-state index in [4.69, 9.17) is 9.84 Å². The molecule has 1 aliphatic rings. The Labute approximate surface area is 158 Å². The van der Waals surface area contributed by atoms with Crippen molar-refractivity contribution in [3.63, 3.8) is 0 Å². The van der Waals surface area contributed by atoms with Crippen molar-refractivity contribution in [1.82, 2.24) is 9.88 Å². The summed E-state index contributed by atoms with van der Waals surface area (Å²) in [5, 5.41) is 12.3. The third-order valence-electron chi connectivity index (χ3n) is 4.70. The van der Waals surface area contributed by atoms with E-state index in [1.54, 1.807) is 19.2 Å². The van der Waals surface area contributed by atoms with Gasteiger partial charge in [0.2, 0.25) is 5.91 Å². The predicted molar refractivity (Wildman–Crippen MR) is 101 cm³/mol. The van der Waals surface area contributed by atoms with E-state index < -0.39 is 5.97 Å². The van der Waals surface area contributed by atoms with Gasteiger partial charge in [-0.3, -0.25) is 4.79 Å². The smallest absolute Gasteiger partial charge is 0.354 e. The highest BCUT2D eigenvalue weighted by molar-refractivity contribution is 5.85. The topological polar surface area (TPSA) is 91.8 Å². The monoisotopic (exact) mass is 369 g/mol. The number of nitrogens with zero attached hydrogens (tertiary/aromatic N) is 2. The highest BCUT2D eigenvalue weighted by Crippen LogP contribution is 2.21. The number of hydrogen-bond donors (Lipinski definition) is 2. The molecule has 1 aromatic carbocycles. The van der Waals surface area contributed by atoms with Crippen LogP contribution in [0.1, 0.15) is 28.9 Å². The van der Waals surface area contributed by atoms with Gasteiger partial charge in [0.05, 0.1) is 13.5 Å². The lowest BCUT2D eigenvalue weighted by Crippen LogP contribution is -2.43. The Bertz CT molecular complexity index is 816. The number of aromatic carboxylic acids is 1. The summed E-state index contributed by atoms with van der Waals surface area (Å²) in [7, 11) is 1.61. The van der Waals surface area contributed by atoms with Crippen molar-refractivity contribution in [1.29, 1.82) is 0 Å². The van der Waals surface area contributed by atoms with Crippen molar-refractivity contribution in [2.45, 2.75) is 25.3 Å². The van der Waals surface area contributed by atoms with Crippen LogP contribution in [-0.4, -0.2) is 53.1 Å².